The Morgan fingerprint density at radius 2 is 2.08 bits per heavy atom. The van der Waals surface area contributed by atoms with Crippen molar-refractivity contribution < 1.29 is 14.8 Å². The van der Waals surface area contributed by atoms with Gasteiger partial charge in [0.15, 0.2) is 10.9 Å². The van der Waals surface area contributed by atoms with Crippen molar-refractivity contribution in [3.63, 3.8) is 0 Å². The highest BCUT2D eigenvalue weighted by molar-refractivity contribution is 7.80. The number of benzene rings is 1. The molecule has 1 heterocycles. The Morgan fingerprint density at radius 3 is 2.60 bits per heavy atom. The summed E-state index contributed by atoms with van der Waals surface area (Å²) in [5.41, 5.74) is 0.0717. The molecule has 0 unspecified atom stereocenters. The van der Waals surface area contributed by atoms with E-state index in [0.29, 0.717) is 5.69 Å². The standard InChI is InChI=1S/C13H11Cl2N5O4S/c1-5-9(15)10(19(2)18-5)12(22)17-13(25)16-8-4-6(20(23)24)3-7(14)11(8)21/h3-4,21H,1-2H3,(H2,16,17,22,25). The number of nitro groups is 1. The minimum absolute atomic E-state index is 0.0876. The van der Waals surface area contributed by atoms with Crippen LogP contribution in [-0.2, 0) is 7.05 Å². The smallest absolute Gasteiger partial charge is 0.277 e. The molecule has 0 aliphatic heterocycles. The molecule has 0 radical (unpaired) electrons. The largest absolute Gasteiger partial charge is 0.504 e. The SMILES string of the molecule is Cc1nn(C)c(C(=O)NC(=S)Nc2cc([N+](=O)[O-])cc(Cl)c2O)c1Cl. The predicted molar refractivity (Wildman–Crippen MR) is 96.4 cm³/mol. The van der Waals surface area contributed by atoms with Crippen LogP contribution in [0.5, 0.6) is 5.75 Å². The monoisotopic (exact) mass is 403 g/mol. The van der Waals surface area contributed by atoms with Crippen molar-refractivity contribution in [3.8, 4) is 5.75 Å². The van der Waals surface area contributed by atoms with E-state index < -0.39 is 16.6 Å². The molecule has 0 bridgehead atoms. The first-order valence-corrected chi connectivity index (χ1v) is 7.76. The first kappa shape index (κ1) is 18.9. The number of phenolic OH excluding ortho intramolecular Hbond substituents is 1. The van der Waals surface area contributed by atoms with Gasteiger partial charge in [0.25, 0.3) is 11.6 Å². The Balaban J connectivity index is 2.20. The molecule has 0 aliphatic carbocycles. The van der Waals surface area contributed by atoms with E-state index in [1.807, 2.05) is 0 Å². The molecular weight excluding hydrogens is 393 g/mol. The maximum atomic E-state index is 12.2. The zero-order valence-corrected chi connectivity index (χ0v) is 15.2. The molecule has 2 aromatic rings. The van der Waals surface area contributed by atoms with Crippen LogP contribution in [0.15, 0.2) is 12.1 Å². The van der Waals surface area contributed by atoms with Crippen LogP contribution in [-0.4, -0.2) is 30.8 Å². The lowest BCUT2D eigenvalue weighted by Gasteiger charge is -2.12. The molecule has 9 nitrogen and oxygen atoms in total. The van der Waals surface area contributed by atoms with Crippen LogP contribution in [0.1, 0.15) is 16.2 Å². The highest BCUT2D eigenvalue weighted by Crippen LogP contribution is 2.36. The van der Waals surface area contributed by atoms with Crippen LogP contribution in [0.2, 0.25) is 10.0 Å². The summed E-state index contributed by atoms with van der Waals surface area (Å²) in [6.07, 6.45) is 0. The number of thiocarbonyl (C=S) groups is 1. The second-order valence-electron chi connectivity index (χ2n) is 4.86. The number of rotatable bonds is 3. The molecule has 12 heteroatoms. The normalized spacial score (nSPS) is 10.4. The minimum Gasteiger partial charge on any atom is -0.504 e. The molecule has 132 valence electrons. The highest BCUT2D eigenvalue weighted by Gasteiger charge is 2.21. The van der Waals surface area contributed by atoms with Gasteiger partial charge < -0.3 is 10.4 Å². The summed E-state index contributed by atoms with van der Waals surface area (Å²) in [4.78, 5) is 22.4. The lowest BCUT2D eigenvalue weighted by molar-refractivity contribution is -0.384. The number of nitrogens with zero attached hydrogens (tertiary/aromatic N) is 3. The number of nitro benzene ring substituents is 1. The van der Waals surface area contributed by atoms with Gasteiger partial charge in [-0.15, -0.1) is 0 Å². The van der Waals surface area contributed by atoms with Gasteiger partial charge in [-0.25, -0.2) is 0 Å². The fourth-order valence-corrected chi connectivity index (χ4v) is 2.64. The van der Waals surface area contributed by atoms with E-state index in [1.165, 1.54) is 11.7 Å². The zero-order valence-electron chi connectivity index (χ0n) is 12.8. The number of carbonyl (C=O) groups is 1. The van der Waals surface area contributed by atoms with Crippen molar-refractivity contribution in [2.45, 2.75) is 6.92 Å². The number of aryl methyl sites for hydroxylation is 2. The molecule has 25 heavy (non-hydrogen) atoms. The lowest BCUT2D eigenvalue weighted by atomic mass is 10.2. The van der Waals surface area contributed by atoms with E-state index in [2.05, 4.69) is 15.7 Å². The van der Waals surface area contributed by atoms with Crippen molar-refractivity contribution in [1.82, 2.24) is 15.1 Å². The number of aromatic hydroxyl groups is 1. The quantitative estimate of drug-likeness (QED) is 0.311. The Hall–Kier alpha value is -2.43. The number of nitrogens with one attached hydrogen (secondary N) is 2. The maximum Gasteiger partial charge on any atom is 0.277 e. The number of halogens is 2. The molecular formula is C13H11Cl2N5O4S. The van der Waals surface area contributed by atoms with Crippen LogP contribution in [0.4, 0.5) is 11.4 Å². The molecule has 1 amide bonds. The van der Waals surface area contributed by atoms with Crippen LogP contribution < -0.4 is 10.6 Å². The third kappa shape index (κ3) is 3.98. The van der Waals surface area contributed by atoms with Crippen LogP contribution in [0.25, 0.3) is 0 Å². The summed E-state index contributed by atoms with van der Waals surface area (Å²) < 4.78 is 1.29. The average molecular weight is 404 g/mol. The van der Waals surface area contributed by atoms with Gasteiger partial charge in [0.2, 0.25) is 0 Å². The van der Waals surface area contributed by atoms with E-state index in [4.69, 9.17) is 35.4 Å². The number of aromatic nitrogens is 2. The van der Waals surface area contributed by atoms with Gasteiger partial charge >= 0.3 is 0 Å². The van der Waals surface area contributed by atoms with Gasteiger partial charge in [0, 0.05) is 19.2 Å². The number of anilines is 1. The van der Waals surface area contributed by atoms with Crippen LogP contribution in [0.3, 0.4) is 0 Å². The molecule has 0 atom stereocenters. The van der Waals surface area contributed by atoms with Crippen LogP contribution >= 0.6 is 35.4 Å². The first-order valence-electron chi connectivity index (χ1n) is 6.60. The Kier molecular flexibility index (Phi) is 5.45. The van der Waals surface area contributed by atoms with Gasteiger partial charge in [-0.1, -0.05) is 23.2 Å². The number of non-ortho nitro benzene ring substituents is 1. The third-order valence-corrected chi connectivity index (χ3v) is 4.04. The van der Waals surface area contributed by atoms with Gasteiger partial charge in [-0.3, -0.25) is 24.9 Å². The average Bonchev–Trinajstić information content (AvgIpc) is 2.76. The van der Waals surface area contributed by atoms with Crippen molar-refractivity contribution in [1.29, 1.82) is 0 Å². The fraction of sp³-hybridized carbons (Fsp3) is 0.154. The molecule has 1 aromatic heterocycles. The molecule has 2 rings (SSSR count). The summed E-state index contributed by atoms with van der Waals surface area (Å²) in [6, 6.07) is 2.02. The number of hydrogen-bond acceptors (Lipinski definition) is 6. The summed E-state index contributed by atoms with van der Waals surface area (Å²) in [7, 11) is 1.54. The number of carbonyl (C=O) groups excluding carboxylic acids is 1. The van der Waals surface area contributed by atoms with Crippen molar-refractivity contribution in [3.05, 3.63) is 43.7 Å². The van der Waals surface area contributed by atoms with Crippen molar-refractivity contribution in [2.75, 3.05) is 5.32 Å². The minimum atomic E-state index is -0.684. The van der Waals surface area contributed by atoms with Crippen LogP contribution in [0, 0.1) is 17.0 Å². The number of phenols is 1. The molecule has 0 saturated carbocycles. The van der Waals surface area contributed by atoms with E-state index in [-0.39, 0.29) is 32.2 Å². The number of amides is 1. The van der Waals surface area contributed by atoms with E-state index in [0.717, 1.165) is 12.1 Å². The molecule has 0 fully saturated rings. The lowest BCUT2D eigenvalue weighted by Crippen LogP contribution is -2.35. The molecule has 0 spiro atoms. The Labute approximate surface area is 156 Å². The Morgan fingerprint density at radius 1 is 1.44 bits per heavy atom. The van der Waals surface area contributed by atoms with Crippen molar-refractivity contribution >= 4 is 57.8 Å². The van der Waals surface area contributed by atoms with Crippen molar-refractivity contribution in [2.24, 2.45) is 7.05 Å². The summed E-state index contributed by atoms with van der Waals surface area (Å²) >= 11 is 16.7. The van der Waals surface area contributed by atoms with Gasteiger partial charge in [0.1, 0.15) is 5.69 Å². The Bertz CT molecular complexity index is 899. The maximum absolute atomic E-state index is 12.2. The summed E-state index contributed by atoms with van der Waals surface area (Å²) in [6.45, 7) is 1.64. The number of hydrogen-bond donors (Lipinski definition) is 3. The summed E-state index contributed by atoms with van der Waals surface area (Å²) in [5, 5.41) is 29.3. The molecule has 0 saturated heterocycles. The zero-order chi connectivity index (χ0) is 18.9. The second-order valence-corrected chi connectivity index (χ2v) is 6.05. The van der Waals surface area contributed by atoms with E-state index in [9.17, 15) is 20.0 Å². The fourth-order valence-electron chi connectivity index (χ4n) is 1.98. The third-order valence-electron chi connectivity index (χ3n) is 3.10. The molecule has 0 aliphatic rings. The van der Waals surface area contributed by atoms with Gasteiger partial charge in [0.05, 0.1) is 26.3 Å². The second kappa shape index (κ2) is 7.21. The van der Waals surface area contributed by atoms with Gasteiger partial charge in [-0.2, -0.15) is 5.10 Å². The molecule has 1 aromatic carbocycles. The topological polar surface area (TPSA) is 122 Å². The van der Waals surface area contributed by atoms with E-state index in [1.54, 1.807) is 6.92 Å². The van der Waals surface area contributed by atoms with Gasteiger partial charge in [-0.05, 0) is 19.1 Å². The first-order chi connectivity index (χ1) is 11.6. The molecule has 3 N–H and O–H groups in total. The predicted octanol–water partition coefficient (Wildman–Crippen LogP) is 2.78. The highest BCUT2D eigenvalue weighted by atomic mass is 35.5. The summed E-state index contributed by atoms with van der Waals surface area (Å²) in [5.74, 6) is -1.08. The van der Waals surface area contributed by atoms with E-state index >= 15 is 0 Å².